The molecular formula is C17H17N5O. The normalized spacial score (nSPS) is 16.0. The number of rotatable bonds is 3. The van der Waals surface area contributed by atoms with Gasteiger partial charge < -0.3 is 4.90 Å². The summed E-state index contributed by atoms with van der Waals surface area (Å²) in [6, 6.07) is 9.67. The molecule has 0 atom stereocenters. The van der Waals surface area contributed by atoms with Gasteiger partial charge in [-0.1, -0.05) is 12.1 Å². The van der Waals surface area contributed by atoms with Crippen LogP contribution in [-0.2, 0) is 4.79 Å². The molecule has 0 bridgehead atoms. The molecule has 6 heteroatoms. The fraction of sp³-hybridized carbons (Fsp3) is 0.176. The molecule has 116 valence electrons. The molecule has 0 aliphatic carbocycles. The number of hydrazone groups is 1. The van der Waals surface area contributed by atoms with Crippen molar-refractivity contribution in [1.82, 2.24) is 9.97 Å². The lowest BCUT2D eigenvalue weighted by Gasteiger charge is -2.12. The largest absolute Gasteiger partial charge is 0.378 e. The molecule has 2 aromatic rings. The van der Waals surface area contributed by atoms with Crippen molar-refractivity contribution in [2.45, 2.75) is 6.92 Å². The molecule has 1 amide bonds. The molecular weight excluding hydrogens is 290 g/mol. The molecule has 0 spiro atoms. The van der Waals surface area contributed by atoms with Crippen LogP contribution in [0.25, 0.3) is 6.08 Å². The van der Waals surface area contributed by atoms with Gasteiger partial charge in [-0.25, -0.2) is 9.97 Å². The van der Waals surface area contributed by atoms with Gasteiger partial charge in [0.15, 0.2) is 0 Å². The summed E-state index contributed by atoms with van der Waals surface area (Å²) in [5.74, 6) is 0.0635. The summed E-state index contributed by atoms with van der Waals surface area (Å²) in [6.45, 7) is 1.81. The minimum absolute atomic E-state index is 0.217. The van der Waals surface area contributed by atoms with Crippen molar-refractivity contribution in [1.29, 1.82) is 0 Å². The van der Waals surface area contributed by atoms with Gasteiger partial charge in [-0.15, -0.1) is 0 Å². The number of benzene rings is 1. The number of carbonyl (C=O) groups excluding carboxylic acids is 1. The highest BCUT2D eigenvalue weighted by Gasteiger charge is 2.30. The molecule has 0 saturated carbocycles. The van der Waals surface area contributed by atoms with Gasteiger partial charge in [-0.05, 0) is 36.8 Å². The second kappa shape index (κ2) is 6.00. The Morgan fingerprint density at radius 3 is 2.35 bits per heavy atom. The van der Waals surface area contributed by atoms with E-state index in [1.54, 1.807) is 25.4 Å². The highest BCUT2D eigenvalue weighted by atomic mass is 16.2. The zero-order valence-corrected chi connectivity index (χ0v) is 13.3. The van der Waals surface area contributed by atoms with Crippen LogP contribution in [0, 0.1) is 0 Å². The molecule has 0 N–H and O–H groups in total. The van der Waals surface area contributed by atoms with Gasteiger partial charge in [-0.3, -0.25) is 4.79 Å². The van der Waals surface area contributed by atoms with Crippen LogP contribution < -0.4 is 9.91 Å². The van der Waals surface area contributed by atoms with Gasteiger partial charge in [0, 0.05) is 32.2 Å². The van der Waals surface area contributed by atoms with E-state index in [-0.39, 0.29) is 11.9 Å². The van der Waals surface area contributed by atoms with Crippen LogP contribution in [0.1, 0.15) is 12.5 Å². The first-order valence-electron chi connectivity index (χ1n) is 7.22. The van der Waals surface area contributed by atoms with Gasteiger partial charge in [0.2, 0.25) is 0 Å². The first-order valence-corrected chi connectivity index (χ1v) is 7.22. The van der Waals surface area contributed by atoms with Crippen LogP contribution in [0.15, 0.2) is 53.4 Å². The Morgan fingerprint density at radius 2 is 1.74 bits per heavy atom. The summed E-state index contributed by atoms with van der Waals surface area (Å²) < 4.78 is 0. The van der Waals surface area contributed by atoms with Gasteiger partial charge in [-0.2, -0.15) is 10.1 Å². The Bertz CT molecular complexity index is 778. The number of hydrogen-bond donors (Lipinski definition) is 0. The van der Waals surface area contributed by atoms with Crippen molar-refractivity contribution in [2.24, 2.45) is 5.10 Å². The summed E-state index contributed by atoms with van der Waals surface area (Å²) in [5, 5.41) is 5.49. The number of hydrogen-bond acceptors (Lipinski definition) is 5. The number of anilines is 2. The second-order valence-electron chi connectivity index (χ2n) is 5.40. The topological polar surface area (TPSA) is 61.7 Å². The second-order valence-corrected chi connectivity index (χ2v) is 5.40. The minimum Gasteiger partial charge on any atom is -0.378 e. The maximum Gasteiger partial charge on any atom is 0.283 e. The van der Waals surface area contributed by atoms with Crippen LogP contribution in [0.5, 0.6) is 0 Å². The van der Waals surface area contributed by atoms with E-state index in [9.17, 15) is 4.79 Å². The Balaban J connectivity index is 1.89. The van der Waals surface area contributed by atoms with Crippen LogP contribution >= 0.6 is 0 Å². The SMILES string of the molecule is CC1=NN(c2ncccn2)C(=O)C1=Cc1ccc(N(C)C)cc1. The van der Waals surface area contributed by atoms with Crippen molar-refractivity contribution in [2.75, 3.05) is 24.0 Å². The zero-order chi connectivity index (χ0) is 16.4. The van der Waals surface area contributed by atoms with Crippen molar-refractivity contribution >= 4 is 29.3 Å². The Hall–Kier alpha value is -3.02. The molecule has 0 radical (unpaired) electrons. The van der Waals surface area contributed by atoms with Crippen LogP contribution in [0.2, 0.25) is 0 Å². The van der Waals surface area contributed by atoms with E-state index in [4.69, 9.17) is 0 Å². The number of nitrogens with zero attached hydrogens (tertiary/aromatic N) is 5. The van der Waals surface area contributed by atoms with Crippen molar-refractivity contribution in [3.63, 3.8) is 0 Å². The maximum atomic E-state index is 12.6. The third kappa shape index (κ3) is 2.96. The molecule has 1 aromatic carbocycles. The lowest BCUT2D eigenvalue weighted by molar-refractivity contribution is -0.114. The van der Waals surface area contributed by atoms with E-state index in [1.165, 1.54) is 5.01 Å². The van der Waals surface area contributed by atoms with E-state index < -0.39 is 0 Å². The number of amides is 1. The van der Waals surface area contributed by atoms with Crippen LogP contribution in [0.3, 0.4) is 0 Å². The molecule has 3 rings (SSSR count). The van der Waals surface area contributed by atoms with Crippen molar-refractivity contribution in [3.8, 4) is 0 Å². The van der Waals surface area contributed by atoms with Crippen LogP contribution in [-0.4, -0.2) is 35.7 Å². The third-order valence-electron chi connectivity index (χ3n) is 3.52. The summed E-state index contributed by atoms with van der Waals surface area (Å²) >= 11 is 0. The van der Waals surface area contributed by atoms with E-state index in [0.717, 1.165) is 11.3 Å². The summed E-state index contributed by atoms with van der Waals surface area (Å²) in [4.78, 5) is 22.7. The molecule has 1 aliphatic heterocycles. The van der Waals surface area contributed by atoms with Gasteiger partial charge in [0.25, 0.3) is 11.9 Å². The molecule has 1 aromatic heterocycles. The van der Waals surface area contributed by atoms with Gasteiger partial charge in [0.05, 0.1) is 11.3 Å². The van der Waals surface area contributed by atoms with E-state index in [1.807, 2.05) is 49.3 Å². The molecule has 0 fully saturated rings. The number of aromatic nitrogens is 2. The highest BCUT2D eigenvalue weighted by Crippen LogP contribution is 2.22. The third-order valence-corrected chi connectivity index (χ3v) is 3.52. The maximum absolute atomic E-state index is 12.6. The van der Waals surface area contributed by atoms with E-state index in [2.05, 4.69) is 15.1 Å². The van der Waals surface area contributed by atoms with Gasteiger partial charge >= 0.3 is 0 Å². The summed E-state index contributed by atoms with van der Waals surface area (Å²) in [5.41, 5.74) is 3.26. The fourth-order valence-electron chi connectivity index (χ4n) is 2.26. The average molecular weight is 307 g/mol. The molecule has 0 unspecified atom stereocenters. The lowest BCUT2D eigenvalue weighted by Crippen LogP contribution is -2.23. The predicted molar refractivity (Wildman–Crippen MR) is 91.4 cm³/mol. The van der Waals surface area contributed by atoms with Crippen molar-refractivity contribution < 1.29 is 4.79 Å². The van der Waals surface area contributed by atoms with E-state index >= 15 is 0 Å². The quantitative estimate of drug-likeness (QED) is 0.817. The standard InChI is InChI=1S/C17H17N5O/c1-12-15(11-13-5-7-14(8-6-13)21(2)3)16(23)22(20-12)17-18-9-4-10-19-17/h4-11H,1-3H3. The smallest absolute Gasteiger partial charge is 0.283 e. The predicted octanol–water partition coefficient (Wildman–Crippen LogP) is 2.35. The van der Waals surface area contributed by atoms with Gasteiger partial charge in [0.1, 0.15) is 0 Å². The number of carbonyl (C=O) groups is 1. The molecule has 2 heterocycles. The van der Waals surface area contributed by atoms with Crippen molar-refractivity contribution in [3.05, 3.63) is 53.9 Å². The Morgan fingerprint density at radius 1 is 1.09 bits per heavy atom. The molecule has 6 nitrogen and oxygen atoms in total. The molecule has 1 aliphatic rings. The molecule has 23 heavy (non-hydrogen) atoms. The Labute approximate surface area is 134 Å². The summed E-state index contributed by atoms with van der Waals surface area (Å²) in [6.07, 6.45) is 5.01. The fourth-order valence-corrected chi connectivity index (χ4v) is 2.26. The van der Waals surface area contributed by atoms with Crippen LogP contribution in [0.4, 0.5) is 11.6 Å². The minimum atomic E-state index is -0.217. The van der Waals surface area contributed by atoms with E-state index in [0.29, 0.717) is 11.3 Å². The average Bonchev–Trinajstić information content (AvgIpc) is 2.84. The zero-order valence-electron chi connectivity index (χ0n) is 13.3. The first-order chi connectivity index (χ1) is 11.1. The Kier molecular flexibility index (Phi) is 3.89. The molecule has 0 saturated heterocycles. The summed E-state index contributed by atoms with van der Waals surface area (Å²) in [7, 11) is 3.98. The lowest BCUT2D eigenvalue weighted by atomic mass is 10.1. The first kappa shape index (κ1) is 14.9. The highest BCUT2D eigenvalue weighted by molar-refractivity contribution is 6.31. The monoisotopic (exact) mass is 307 g/mol.